The average molecular weight is 430 g/mol. The van der Waals surface area contributed by atoms with Crippen LogP contribution in [0.25, 0.3) is 22.4 Å². The molecule has 7 nitrogen and oxygen atoms in total. The average Bonchev–Trinajstić information content (AvgIpc) is 2.97. The molecule has 0 amide bonds. The van der Waals surface area contributed by atoms with E-state index in [0.29, 0.717) is 34.8 Å². The van der Waals surface area contributed by atoms with E-state index in [2.05, 4.69) is 9.44 Å². The Labute approximate surface area is 203 Å². The molecule has 1 aliphatic rings. The maximum absolute atomic E-state index is 10.7. The number of imidazole rings is 1. The van der Waals surface area contributed by atoms with Crippen molar-refractivity contribution < 1.29 is 68.6 Å². The van der Waals surface area contributed by atoms with Crippen molar-refractivity contribution in [3.8, 4) is 11.4 Å². The van der Waals surface area contributed by atoms with Gasteiger partial charge in [0.15, 0.2) is 0 Å². The summed E-state index contributed by atoms with van der Waals surface area (Å²) in [6.45, 7) is 2.52. The van der Waals surface area contributed by atoms with Crippen molar-refractivity contribution in [3.05, 3.63) is 52.5 Å². The molecule has 0 fully saturated rings. The Morgan fingerprint density at radius 2 is 1.96 bits per heavy atom. The zero-order valence-electron chi connectivity index (χ0n) is 14.6. The molecule has 0 saturated heterocycles. The fourth-order valence-electron chi connectivity index (χ4n) is 3.22. The van der Waals surface area contributed by atoms with Gasteiger partial charge in [-0.3, -0.25) is 4.28 Å². The third-order valence-electron chi connectivity index (χ3n) is 4.35. The van der Waals surface area contributed by atoms with E-state index < -0.39 is 10.4 Å². The monoisotopic (exact) mass is 429 g/mol. The molecule has 2 heterocycles. The molecule has 0 bridgehead atoms. The second-order valence-corrected chi connectivity index (χ2v) is 7.34. The predicted octanol–water partition coefficient (Wildman–Crippen LogP) is 0.254. The van der Waals surface area contributed by atoms with Gasteiger partial charge in [-0.05, 0) is 24.6 Å². The number of oxime groups is 1. The van der Waals surface area contributed by atoms with Gasteiger partial charge in [-0.1, -0.05) is 41.0 Å². The molecule has 10 heteroatoms. The number of aromatic nitrogens is 2. The Hall–Kier alpha value is -0.784. The van der Waals surface area contributed by atoms with Crippen LogP contribution in [0.1, 0.15) is 17.5 Å². The molecule has 1 aromatic heterocycles. The molecule has 0 aliphatic carbocycles. The molecule has 0 spiro atoms. The second-order valence-electron chi connectivity index (χ2n) is 5.96. The van der Waals surface area contributed by atoms with E-state index in [4.69, 9.17) is 16.6 Å². The van der Waals surface area contributed by atoms with Gasteiger partial charge in [0.2, 0.25) is 0 Å². The van der Waals surface area contributed by atoms with Gasteiger partial charge in [0.05, 0.1) is 16.3 Å². The van der Waals surface area contributed by atoms with Crippen molar-refractivity contribution in [1.82, 2.24) is 9.55 Å². The first-order valence-electron chi connectivity index (χ1n) is 7.81. The molecule has 0 unspecified atom stereocenters. The van der Waals surface area contributed by atoms with Crippen molar-refractivity contribution in [2.24, 2.45) is 5.16 Å². The van der Waals surface area contributed by atoms with E-state index >= 15 is 0 Å². The standard InChI is InChI=1S/C17H14ClN3O4S.K/c1-10-4-2-3-5-11(10)17-19-15-13(18)7-6-12-14(20-25-26(22,23)24)8-9-21(17)16(12)15;/h2-7H,8-9H2,1H3,(H,22,23,24);/q;+1/p-1/b20-14+;. The smallest absolute Gasteiger partial charge is 0.714 e. The molecular formula is C17H13ClKN3O4S. The van der Waals surface area contributed by atoms with Gasteiger partial charge in [-0.25, -0.2) is 4.98 Å². The summed E-state index contributed by atoms with van der Waals surface area (Å²) in [5.74, 6) is 0.781. The Balaban J connectivity index is 0.00000210. The minimum atomic E-state index is -4.91. The van der Waals surface area contributed by atoms with Gasteiger partial charge in [-0.15, -0.1) is 0 Å². The molecule has 0 radical (unpaired) electrons. The number of benzene rings is 2. The number of hydrogen-bond acceptors (Lipinski definition) is 6. The van der Waals surface area contributed by atoms with Gasteiger partial charge < -0.3 is 9.12 Å². The fourth-order valence-corrected chi connectivity index (χ4v) is 3.60. The quantitative estimate of drug-likeness (QED) is 0.257. The summed E-state index contributed by atoms with van der Waals surface area (Å²) in [6, 6.07) is 11.3. The fraction of sp³-hybridized carbons (Fsp3) is 0.176. The topological polar surface area (TPSA) is 96.6 Å². The Morgan fingerprint density at radius 1 is 1.22 bits per heavy atom. The van der Waals surface area contributed by atoms with Crippen molar-refractivity contribution in [3.63, 3.8) is 0 Å². The van der Waals surface area contributed by atoms with Crippen molar-refractivity contribution in [2.45, 2.75) is 19.9 Å². The summed E-state index contributed by atoms with van der Waals surface area (Å²) in [4.78, 5) is 4.71. The van der Waals surface area contributed by atoms with Crippen LogP contribution in [-0.4, -0.2) is 28.2 Å². The van der Waals surface area contributed by atoms with Gasteiger partial charge in [-0.2, -0.15) is 8.42 Å². The number of nitrogens with zero attached hydrogens (tertiary/aromatic N) is 3. The zero-order chi connectivity index (χ0) is 18.5. The molecule has 134 valence electrons. The van der Waals surface area contributed by atoms with Crippen LogP contribution >= 0.6 is 11.6 Å². The first-order chi connectivity index (χ1) is 12.3. The van der Waals surface area contributed by atoms with E-state index in [1.165, 1.54) is 0 Å². The summed E-state index contributed by atoms with van der Waals surface area (Å²) in [5, 5.41) is 4.02. The van der Waals surface area contributed by atoms with E-state index in [1.54, 1.807) is 12.1 Å². The molecule has 0 saturated carbocycles. The number of hydrogen-bond donors (Lipinski definition) is 0. The molecule has 0 atom stereocenters. The normalized spacial score (nSPS) is 15.0. The number of rotatable bonds is 3. The second kappa shape index (κ2) is 7.92. The van der Waals surface area contributed by atoms with Crippen molar-refractivity contribution in [2.75, 3.05) is 0 Å². The SMILES string of the molecule is Cc1ccccc1-c1nc2c(Cl)ccc3c2n1CC/C3=N\OS(=O)(=O)[O-].[K+]. The van der Waals surface area contributed by atoms with Crippen LogP contribution in [0.2, 0.25) is 5.02 Å². The third-order valence-corrected chi connectivity index (χ3v) is 4.92. The number of halogens is 1. The minimum absolute atomic E-state index is 0. The van der Waals surface area contributed by atoms with Crippen LogP contribution in [0.15, 0.2) is 41.6 Å². The van der Waals surface area contributed by atoms with E-state index in [-0.39, 0.29) is 51.4 Å². The van der Waals surface area contributed by atoms with Gasteiger partial charge >= 0.3 is 51.4 Å². The first-order valence-corrected chi connectivity index (χ1v) is 9.53. The molecule has 0 N–H and O–H groups in total. The maximum atomic E-state index is 10.7. The van der Waals surface area contributed by atoms with Gasteiger partial charge in [0, 0.05) is 24.1 Å². The Kier molecular flexibility index (Phi) is 6.14. The molecule has 3 aromatic rings. The van der Waals surface area contributed by atoms with Gasteiger partial charge in [0.25, 0.3) is 10.4 Å². The van der Waals surface area contributed by atoms with E-state index in [1.807, 2.05) is 35.8 Å². The Bertz CT molecular complexity index is 1170. The summed E-state index contributed by atoms with van der Waals surface area (Å²) >= 11 is 6.33. The summed E-state index contributed by atoms with van der Waals surface area (Å²) in [5.41, 5.74) is 4.43. The van der Waals surface area contributed by atoms with Crippen LogP contribution in [0.3, 0.4) is 0 Å². The third kappa shape index (κ3) is 4.01. The van der Waals surface area contributed by atoms with Gasteiger partial charge in [0.1, 0.15) is 11.3 Å². The van der Waals surface area contributed by atoms with Crippen LogP contribution in [0, 0.1) is 6.92 Å². The maximum Gasteiger partial charge on any atom is 1.00 e. The molecule has 27 heavy (non-hydrogen) atoms. The first kappa shape index (κ1) is 20.9. The van der Waals surface area contributed by atoms with Crippen LogP contribution in [0.4, 0.5) is 0 Å². The summed E-state index contributed by atoms with van der Waals surface area (Å²) in [7, 11) is -4.91. The molecular weight excluding hydrogens is 417 g/mol. The molecule has 1 aliphatic heterocycles. The van der Waals surface area contributed by atoms with Crippen molar-refractivity contribution in [1.29, 1.82) is 0 Å². The summed E-state index contributed by atoms with van der Waals surface area (Å²) < 4.78 is 38.3. The van der Waals surface area contributed by atoms with Crippen LogP contribution in [0.5, 0.6) is 0 Å². The largest absolute Gasteiger partial charge is 1.00 e. The summed E-state index contributed by atoms with van der Waals surface area (Å²) in [6.07, 6.45) is 0.397. The predicted molar refractivity (Wildman–Crippen MR) is 96.9 cm³/mol. The van der Waals surface area contributed by atoms with E-state index in [0.717, 1.165) is 22.5 Å². The zero-order valence-corrected chi connectivity index (χ0v) is 19.3. The van der Waals surface area contributed by atoms with Crippen LogP contribution < -0.4 is 51.4 Å². The number of aryl methyl sites for hydroxylation is 2. The van der Waals surface area contributed by atoms with Crippen LogP contribution in [-0.2, 0) is 21.2 Å². The molecule has 2 aromatic carbocycles. The Morgan fingerprint density at radius 3 is 2.67 bits per heavy atom. The van der Waals surface area contributed by atoms with E-state index in [9.17, 15) is 13.0 Å². The minimum Gasteiger partial charge on any atom is -0.714 e. The molecule has 4 rings (SSSR count). The van der Waals surface area contributed by atoms with Crippen molar-refractivity contribution >= 4 is 38.7 Å².